The standard InChI is InChI=1S/C9H5ClN2O3S/c10-6-3-5(8(13)14)1-2-7(6)15-9-11-4-12-16-9/h1-4H,(H,13,14). The number of halogens is 1. The van der Waals surface area contributed by atoms with E-state index in [2.05, 4.69) is 9.36 Å². The minimum Gasteiger partial charge on any atom is -0.478 e. The highest BCUT2D eigenvalue weighted by Crippen LogP contribution is 2.30. The van der Waals surface area contributed by atoms with Gasteiger partial charge in [-0.15, -0.1) is 0 Å². The molecule has 1 heterocycles. The first-order valence-corrected chi connectivity index (χ1v) is 5.29. The molecule has 0 fully saturated rings. The van der Waals surface area contributed by atoms with E-state index in [1.165, 1.54) is 24.5 Å². The molecule has 7 heteroatoms. The third-order valence-corrected chi connectivity index (χ3v) is 2.56. The molecule has 1 aromatic carbocycles. The van der Waals surface area contributed by atoms with Crippen LogP contribution in [0.15, 0.2) is 24.5 Å². The summed E-state index contributed by atoms with van der Waals surface area (Å²) in [4.78, 5) is 14.5. The lowest BCUT2D eigenvalue weighted by atomic mass is 10.2. The van der Waals surface area contributed by atoms with E-state index in [0.29, 0.717) is 10.9 Å². The average Bonchev–Trinajstić information content (AvgIpc) is 2.73. The zero-order chi connectivity index (χ0) is 11.5. The maximum absolute atomic E-state index is 10.7. The molecule has 0 aliphatic rings. The highest BCUT2D eigenvalue weighted by molar-refractivity contribution is 7.07. The van der Waals surface area contributed by atoms with Gasteiger partial charge in [-0.2, -0.15) is 9.36 Å². The van der Waals surface area contributed by atoms with Crippen molar-refractivity contribution in [3.63, 3.8) is 0 Å². The number of carbonyl (C=O) groups is 1. The van der Waals surface area contributed by atoms with Crippen molar-refractivity contribution in [2.75, 3.05) is 0 Å². The van der Waals surface area contributed by atoms with E-state index in [-0.39, 0.29) is 10.6 Å². The quantitative estimate of drug-likeness (QED) is 0.914. The number of nitrogens with zero attached hydrogens (tertiary/aromatic N) is 2. The van der Waals surface area contributed by atoms with Gasteiger partial charge in [0.25, 0.3) is 5.19 Å². The third kappa shape index (κ3) is 2.29. The summed E-state index contributed by atoms with van der Waals surface area (Å²) >= 11 is 6.94. The Labute approximate surface area is 99.4 Å². The van der Waals surface area contributed by atoms with Crippen LogP contribution in [0.25, 0.3) is 0 Å². The minimum atomic E-state index is -1.04. The summed E-state index contributed by atoms with van der Waals surface area (Å²) in [7, 11) is 0. The summed E-state index contributed by atoms with van der Waals surface area (Å²) in [6, 6.07) is 4.21. The van der Waals surface area contributed by atoms with Gasteiger partial charge in [-0.05, 0) is 18.2 Å². The molecule has 1 aromatic heterocycles. The lowest BCUT2D eigenvalue weighted by molar-refractivity contribution is 0.0697. The van der Waals surface area contributed by atoms with E-state index in [4.69, 9.17) is 21.4 Å². The Bertz CT molecular complexity index is 515. The topological polar surface area (TPSA) is 72.3 Å². The van der Waals surface area contributed by atoms with E-state index < -0.39 is 5.97 Å². The molecule has 0 unspecified atom stereocenters. The first-order chi connectivity index (χ1) is 7.66. The molecule has 5 nitrogen and oxygen atoms in total. The van der Waals surface area contributed by atoms with Crippen molar-refractivity contribution >= 4 is 29.1 Å². The second-order valence-corrected chi connectivity index (χ2v) is 3.91. The van der Waals surface area contributed by atoms with Crippen LogP contribution >= 0.6 is 23.1 Å². The third-order valence-electron chi connectivity index (χ3n) is 1.72. The number of hydrogen-bond acceptors (Lipinski definition) is 5. The first-order valence-electron chi connectivity index (χ1n) is 4.14. The van der Waals surface area contributed by atoms with Gasteiger partial charge < -0.3 is 9.84 Å². The van der Waals surface area contributed by atoms with Crippen LogP contribution in [-0.4, -0.2) is 20.4 Å². The van der Waals surface area contributed by atoms with Gasteiger partial charge in [0, 0.05) is 11.5 Å². The van der Waals surface area contributed by atoms with Crippen LogP contribution in [0.4, 0.5) is 0 Å². The fourth-order valence-electron chi connectivity index (χ4n) is 1.02. The molecule has 0 atom stereocenters. The van der Waals surface area contributed by atoms with Crippen LogP contribution in [0.2, 0.25) is 5.02 Å². The Hall–Kier alpha value is -1.66. The molecule has 0 saturated carbocycles. The van der Waals surface area contributed by atoms with Crippen LogP contribution < -0.4 is 4.74 Å². The molecule has 0 aliphatic carbocycles. The molecule has 0 bridgehead atoms. The van der Waals surface area contributed by atoms with Crippen molar-refractivity contribution in [2.45, 2.75) is 0 Å². The maximum Gasteiger partial charge on any atom is 0.335 e. The van der Waals surface area contributed by atoms with Crippen molar-refractivity contribution in [3.8, 4) is 10.9 Å². The highest BCUT2D eigenvalue weighted by atomic mass is 35.5. The van der Waals surface area contributed by atoms with Crippen LogP contribution in [0, 0.1) is 0 Å². The van der Waals surface area contributed by atoms with Crippen LogP contribution in [0.1, 0.15) is 10.4 Å². The van der Waals surface area contributed by atoms with Gasteiger partial charge in [0.05, 0.1) is 10.6 Å². The van der Waals surface area contributed by atoms with Crippen molar-refractivity contribution in [3.05, 3.63) is 35.1 Å². The molecule has 2 rings (SSSR count). The van der Waals surface area contributed by atoms with E-state index in [1.54, 1.807) is 0 Å². The SMILES string of the molecule is O=C(O)c1ccc(Oc2ncns2)c(Cl)c1. The number of benzene rings is 1. The lowest BCUT2D eigenvalue weighted by Crippen LogP contribution is -1.96. The van der Waals surface area contributed by atoms with Gasteiger partial charge in [0.15, 0.2) is 0 Å². The summed E-state index contributed by atoms with van der Waals surface area (Å²) in [5.74, 6) is -0.687. The Morgan fingerprint density at radius 1 is 1.50 bits per heavy atom. The number of aromatic carboxylic acids is 1. The smallest absolute Gasteiger partial charge is 0.335 e. The summed E-state index contributed by atoms with van der Waals surface area (Å²) in [5.41, 5.74) is 0.106. The van der Waals surface area contributed by atoms with E-state index in [1.807, 2.05) is 0 Å². The monoisotopic (exact) mass is 256 g/mol. The first kappa shape index (κ1) is 10.8. The summed E-state index contributed by atoms with van der Waals surface area (Å²) in [6.45, 7) is 0. The van der Waals surface area contributed by atoms with Gasteiger partial charge in [-0.3, -0.25) is 0 Å². The molecule has 0 aliphatic heterocycles. The second kappa shape index (κ2) is 4.46. The number of carboxylic acid groups (broad SMARTS) is 1. The lowest BCUT2D eigenvalue weighted by Gasteiger charge is -2.04. The Kier molecular flexibility index (Phi) is 3.02. The summed E-state index contributed by atoms with van der Waals surface area (Å²) < 4.78 is 9.07. The van der Waals surface area contributed by atoms with Gasteiger partial charge >= 0.3 is 5.97 Å². The van der Waals surface area contributed by atoms with E-state index in [9.17, 15) is 4.79 Å². The molecular formula is C9H5ClN2O3S. The maximum atomic E-state index is 10.7. The largest absolute Gasteiger partial charge is 0.478 e. The Balaban J connectivity index is 2.26. The summed E-state index contributed by atoms with van der Waals surface area (Å²) in [5, 5.41) is 9.31. The molecule has 1 N–H and O–H groups in total. The normalized spacial score (nSPS) is 10.1. The number of ether oxygens (including phenoxy) is 1. The molecule has 0 saturated heterocycles. The predicted octanol–water partition coefficient (Wildman–Crippen LogP) is 2.68. The molecular weight excluding hydrogens is 252 g/mol. The van der Waals surface area contributed by atoms with Gasteiger partial charge in [0.2, 0.25) is 0 Å². The number of hydrogen-bond donors (Lipinski definition) is 1. The zero-order valence-electron chi connectivity index (χ0n) is 7.75. The van der Waals surface area contributed by atoms with Crippen molar-refractivity contribution in [1.82, 2.24) is 9.36 Å². The van der Waals surface area contributed by atoms with Gasteiger partial charge in [0.1, 0.15) is 12.1 Å². The number of aromatic nitrogens is 2. The zero-order valence-corrected chi connectivity index (χ0v) is 9.33. The van der Waals surface area contributed by atoms with Crippen LogP contribution in [0.3, 0.4) is 0 Å². The summed E-state index contributed by atoms with van der Waals surface area (Å²) in [6.07, 6.45) is 1.36. The molecule has 16 heavy (non-hydrogen) atoms. The predicted molar refractivity (Wildman–Crippen MR) is 58.4 cm³/mol. The molecule has 2 aromatic rings. The van der Waals surface area contributed by atoms with E-state index >= 15 is 0 Å². The fourth-order valence-corrected chi connectivity index (χ4v) is 1.64. The van der Waals surface area contributed by atoms with Gasteiger partial charge in [-0.25, -0.2) is 4.79 Å². The molecule has 0 amide bonds. The highest BCUT2D eigenvalue weighted by Gasteiger charge is 2.09. The van der Waals surface area contributed by atoms with Crippen LogP contribution in [0.5, 0.6) is 10.9 Å². The van der Waals surface area contributed by atoms with Crippen molar-refractivity contribution in [2.24, 2.45) is 0 Å². The number of rotatable bonds is 3. The Morgan fingerprint density at radius 2 is 2.31 bits per heavy atom. The van der Waals surface area contributed by atoms with Crippen molar-refractivity contribution in [1.29, 1.82) is 0 Å². The fraction of sp³-hybridized carbons (Fsp3) is 0. The average molecular weight is 257 g/mol. The minimum absolute atomic E-state index is 0.106. The Morgan fingerprint density at radius 3 is 2.88 bits per heavy atom. The number of carboxylic acids is 1. The van der Waals surface area contributed by atoms with Gasteiger partial charge in [-0.1, -0.05) is 11.6 Å². The van der Waals surface area contributed by atoms with Crippen molar-refractivity contribution < 1.29 is 14.6 Å². The molecule has 82 valence electrons. The van der Waals surface area contributed by atoms with E-state index in [0.717, 1.165) is 11.5 Å². The second-order valence-electron chi connectivity index (χ2n) is 2.76. The molecule has 0 spiro atoms. The van der Waals surface area contributed by atoms with Crippen LogP contribution in [-0.2, 0) is 0 Å². The molecule has 0 radical (unpaired) electrons.